The Kier molecular flexibility index (Phi) is 9.39. The van der Waals surface area contributed by atoms with Crippen LogP contribution in [0.1, 0.15) is 87.8 Å². The molecular formula is C33H40N2O4. The van der Waals surface area contributed by atoms with Gasteiger partial charge in [0.2, 0.25) is 5.91 Å². The number of nitrogens with zero attached hydrogens (tertiary/aromatic N) is 1. The first-order valence-electron chi connectivity index (χ1n) is 14.1. The van der Waals surface area contributed by atoms with Gasteiger partial charge in [-0.1, -0.05) is 56.2 Å². The van der Waals surface area contributed by atoms with Crippen LogP contribution in [0.4, 0.5) is 5.69 Å². The molecule has 1 unspecified atom stereocenters. The summed E-state index contributed by atoms with van der Waals surface area (Å²) in [6, 6.07) is 16.0. The van der Waals surface area contributed by atoms with E-state index in [0.717, 1.165) is 71.4 Å². The SMILES string of the molecule is CCC(CC(=O)O)c1cccc(NC(=O)[C@@H](c2ccc(-c3cncc(OC(C)C)c3)cc2)C2CCCC2)c1C. The molecule has 0 aliphatic heterocycles. The fourth-order valence-electron chi connectivity index (χ4n) is 5.85. The highest BCUT2D eigenvalue weighted by molar-refractivity contribution is 5.97. The minimum Gasteiger partial charge on any atom is -0.489 e. The third-order valence-electron chi connectivity index (χ3n) is 7.83. The molecule has 0 spiro atoms. The summed E-state index contributed by atoms with van der Waals surface area (Å²) in [6.45, 7) is 7.96. The van der Waals surface area contributed by atoms with Gasteiger partial charge in [-0.05, 0) is 86.3 Å². The van der Waals surface area contributed by atoms with Crippen molar-refractivity contribution in [2.24, 2.45) is 5.92 Å². The van der Waals surface area contributed by atoms with Crippen LogP contribution in [0.5, 0.6) is 5.75 Å². The van der Waals surface area contributed by atoms with E-state index in [0.29, 0.717) is 5.92 Å². The summed E-state index contributed by atoms with van der Waals surface area (Å²) < 4.78 is 5.81. The van der Waals surface area contributed by atoms with E-state index in [-0.39, 0.29) is 30.3 Å². The van der Waals surface area contributed by atoms with Crippen LogP contribution in [0.2, 0.25) is 0 Å². The maximum atomic E-state index is 13.9. The number of aromatic nitrogens is 1. The van der Waals surface area contributed by atoms with Gasteiger partial charge in [-0.15, -0.1) is 0 Å². The summed E-state index contributed by atoms with van der Waals surface area (Å²) >= 11 is 0. The molecule has 1 aliphatic rings. The second kappa shape index (κ2) is 12.9. The second-order valence-electron chi connectivity index (χ2n) is 10.9. The van der Waals surface area contributed by atoms with Crippen molar-refractivity contribution in [1.29, 1.82) is 0 Å². The molecule has 206 valence electrons. The highest BCUT2D eigenvalue weighted by Gasteiger charge is 2.32. The molecule has 2 N–H and O–H groups in total. The first-order chi connectivity index (χ1) is 18.8. The van der Waals surface area contributed by atoms with Crippen LogP contribution in [0.25, 0.3) is 11.1 Å². The van der Waals surface area contributed by atoms with E-state index < -0.39 is 5.97 Å². The van der Waals surface area contributed by atoms with Crippen molar-refractivity contribution in [2.75, 3.05) is 5.32 Å². The zero-order chi connectivity index (χ0) is 27.9. The molecule has 1 heterocycles. The summed E-state index contributed by atoms with van der Waals surface area (Å²) in [5.74, 6) is -0.124. The second-order valence-corrected chi connectivity index (χ2v) is 10.9. The number of benzene rings is 2. The van der Waals surface area contributed by atoms with E-state index in [1.807, 2.05) is 58.2 Å². The van der Waals surface area contributed by atoms with E-state index >= 15 is 0 Å². The van der Waals surface area contributed by atoms with Gasteiger partial charge in [0.15, 0.2) is 0 Å². The lowest BCUT2D eigenvalue weighted by Crippen LogP contribution is -2.27. The quantitative estimate of drug-likeness (QED) is 0.266. The largest absolute Gasteiger partial charge is 0.489 e. The van der Waals surface area contributed by atoms with Crippen LogP contribution in [-0.2, 0) is 9.59 Å². The Hall–Kier alpha value is -3.67. The Morgan fingerprint density at radius 2 is 1.77 bits per heavy atom. The van der Waals surface area contributed by atoms with E-state index in [2.05, 4.69) is 34.6 Å². The monoisotopic (exact) mass is 528 g/mol. The van der Waals surface area contributed by atoms with Gasteiger partial charge in [-0.3, -0.25) is 14.6 Å². The van der Waals surface area contributed by atoms with Gasteiger partial charge in [0.25, 0.3) is 0 Å². The van der Waals surface area contributed by atoms with E-state index in [9.17, 15) is 14.7 Å². The van der Waals surface area contributed by atoms with E-state index in [1.54, 1.807) is 6.20 Å². The van der Waals surface area contributed by atoms with Crippen LogP contribution in [0, 0.1) is 12.8 Å². The number of hydrogen-bond acceptors (Lipinski definition) is 4. The molecule has 0 radical (unpaired) electrons. The number of amides is 1. The van der Waals surface area contributed by atoms with Gasteiger partial charge < -0.3 is 15.2 Å². The maximum absolute atomic E-state index is 13.9. The van der Waals surface area contributed by atoms with Crippen molar-refractivity contribution < 1.29 is 19.4 Å². The predicted octanol–water partition coefficient (Wildman–Crippen LogP) is 7.73. The molecule has 1 amide bonds. The van der Waals surface area contributed by atoms with Crippen LogP contribution in [0.3, 0.4) is 0 Å². The number of carbonyl (C=O) groups excluding carboxylic acids is 1. The smallest absolute Gasteiger partial charge is 0.303 e. The Balaban J connectivity index is 1.59. The van der Waals surface area contributed by atoms with Gasteiger partial charge in [0.05, 0.1) is 24.6 Å². The minimum absolute atomic E-state index is 0.00446. The van der Waals surface area contributed by atoms with Crippen molar-refractivity contribution in [1.82, 2.24) is 4.98 Å². The third-order valence-corrected chi connectivity index (χ3v) is 7.83. The van der Waals surface area contributed by atoms with Crippen molar-refractivity contribution >= 4 is 17.6 Å². The molecule has 0 saturated heterocycles. The Bertz CT molecular complexity index is 1280. The Morgan fingerprint density at radius 3 is 2.41 bits per heavy atom. The first kappa shape index (κ1) is 28.3. The lowest BCUT2D eigenvalue weighted by molar-refractivity contribution is -0.137. The van der Waals surface area contributed by atoms with Gasteiger partial charge in [0, 0.05) is 17.4 Å². The maximum Gasteiger partial charge on any atom is 0.303 e. The molecule has 1 aliphatic carbocycles. The Labute approximate surface area is 231 Å². The number of nitrogens with one attached hydrogen (secondary N) is 1. The molecule has 2 aromatic carbocycles. The zero-order valence-electron chi connectivity index (χ0n) is 23.4. The summed E-state index contributed by atoms with van der Waals surface area (Å²) in [7, 11) is 0. The number of aliphatic carboxylic acids is 1. The number of rotatable bonds is 11. The molecule has 2 atom stereocenters. The fourth-order valence-corrected chi connectivity index (χ4v) is 5.85. The highest BCUT2D eigenvalue weighted by Crippen LogP contribution is 2.39. The lowest BCUT2D eigenvalue weighted by Gasteiger charge is -2.25. The van der Waals surface area contributed by atoms with Gasteiger partial charge in [0.1, 0.15) is 5.75 Å². The van der Waals surface area contributed by atoms with Crippen molar-refractivity contribution in [3.05, 3.63) is 77.6 Å². The van der Waals surface area contributed by atoms with Crippen LogP contribution < -0.4 is 10.1 Å². The fraction of sp³-hybridized carbons (Fsp3) is 0.424. The van der Waals surface area contributed by atoms with Gasteiger partial charge in [-0.2, -0.15) is 0 Å². The molecule has 39 heavy (non-hydrogen) atoms. The van der Waals surface area contributed by atoms with Gasteiger partial charge in [-0.25, -0.2) is 0 Å². The summed E-state index contributed by atoms with van der Waals surface area (Å²) in [5.41, 5.74) is 5.69. The summed E-state index contributed by atoms with van der Waals surface area (Å²) in [5, 5.41) is 12.6. The highest BCUT2D eigenvalue weighted by atomic mass is 16.5. The number of pyridine rings is 1. The number of anilines is 1. The number of carbonyl (C=O) groups is 2. The molecular weight excluding hydrogens is 488 g/mol. The van der Waals surface area contributed by atoms with Crippen LogP contribution in [0.15, 0.2) is 60.9 Å². The molecule has 3 aromatic rings. The number of ether oxygens (including phenoxy) is 1. The van der Waals surface area contributed by atoms with Crippen molar-refractivity contribution in [3.8, 4) is 16.9 Å². The first-order valence-corrected chi connectivity index (χ1v) is 14.1. The summed E-state index contributed by atoms with van der Waals surface area (Å²) in [4.78, 5) is 29.6. The lowest BCUT2D eigenvalue weighted by atomic mass is 9.83. The standard InChI is InChI=1S/C33H40N2O4/c1-5-23(18-31(36)37)29-11-8-12-30(22(29)4)35-33(38)32(25-9-6-7-10-25)26-15-13-24(14-16-26)27-17-28(20-34-19-27)39-21(2)3/h8,11-17,19-21,23,25,32H,5-7,9-10,18H2,1-4H3,(H,35,38)(H,36,37)/t23?,32-/m1/s1. The molecule has 1 aromatic heterocycles. The summed E-state index contributed by atoms with van der Waals surface area (Å²) in [6.07, 6.45) is 8.78. The zero-order valence-corrected chi connectivity index (χ0v) is 23.4. The molecule has 1 fully saturated rings. The molecule has 6 nitrogen and oxygen atoms in total. The molecule has 4 rings (SSSR count). The normalized spacial score (nSPS) is 15.2. The average Bonchev–Trinajstić information content (AvgIpc) is 3.43. The molecule has 6 heteroatoms. The van der Waals surface area contributed by atoms with Crippen molar-refractivity contribution in [3.63, 3.8) is 0 Å². The number of hydrogen-bond donors (Lipinski definition) is 2. The van der Waals surface area contributed by atoms with Crippen LogP contribution >= 0.6 is 0 Å². The van der Waals surface area contributed by atoms with E-state index in [1.165, 1.54) is 0 Å². The van der Waals surface area contributed by atoms with E-state index in [4.69, 9.17) is 4.74 Å². The topological polar surface area (TPSA) is 88.5 Å². The number of carboxylic acid groups (broad SMARTS) is 1. The van der Waals surface area contributed by atoms with Crippen LogP contribution in [-0.4, -0.2) is 28.1 Å². The Morgan fingerprint density at radius 1 is 1.05 bits per heavy atom. The third kappa shape index (κ3) is 7.05. The molecule has 0 bridgehead atoms. The number of carboxylic acids is 1. The predicted molar refractivity (Wildman–Crippen MR) is 155 cm³/mol. The van der Waals surface area contributed by atoms with Crippen molar-refractivity contribution in [2.45, 2.75) is 84.2 Å². The minimum atomic E-state index is -0.810. The van der Waals surface area contributed by atoms with Gasteiger partial charge >= 0.3 is 5.97 Å². The average molecular weight is 529 g/mol. The molecule has 1 saturated carbocycles.